The van der Waals surface area contributed by atoms with Gasteiger partial charge >= 0.3 is 6.09 Å². The SMILES string of the molecule is C/C(N)=C(/C=N/C(=O)OC(C)(C)C)Cc1ccccc1. The summed E-state index contributed by atoms with van der Waals surface area (Å²) in [5.74, 6) is 0. The zero-order valence-corrected chi connectivity index (χ0v) is 12.5. The molecule has 0 aliphatic heterocycles. The minimum atomic E-state index is -0.607. The van der Waals surface area contributed by atoms with E-state index in [1.165, 1.54) is 6.21 Å². The van der Waals surface area contributed by atoms with Gasteiger partial charge in [0, 0.05) is 18.3 Å². The molecule has 4 heteroatoms. The lowest BCUT2D eigenvalue weighted by Gasteiger charge is -2.17. The summed E-state index contributed by atoms with van der Waals surface area (Å²) in [5.41, 5.74) is 7.85. The lowest BCUT2D eigenvalue weighted by atomic mass is 10.0. The number of carbonyl (C=O) groups is 1. The Bertz CT molecular complexity index is 507. The molecule has 2 N–H and O–H groups in total. The molecule has 1 amide bonds. The third-order valence-electron chi connectivity index (χ3n) is 2.46. The molecule has 0 fully saturated rings. The Morgan fingerprint density at radius 1 is 1.30 bits per heavy atom. The molecule has 1 aromatic rings. The molecule has 108 valence electrons. The van der Waals surface area contributed by atoms with Crippen LogP contribution in [0.4, 0.5) is 4.79 Å². The van der Waals surface area contributed by atoms with Crippen molar-refractivity contribution in [3.63, 3.8) is 0 Å². The topological polar surface area (TPSA) is 64.7 Å². The molecule has 1 aromatic carbocycles. The predicted octanol–water partition coefficient (Wildman–Crippen LogP) is 3.47. The molecule has 0 radical (unpaired) electrons. The lowest BCUT2D eigenvalue weighted by molar-refractivity contribution is 0.0605. The molecule has 0 saturated heterocycles. The fourth-order valence-corrected chi connectivity index (χ4v) is 1.52. The maximum Gasteiger partial charge on any atom is 0.434 e. The van der Waals surface area contributed by atoms with Crippen molar-refractivity contribution in [2.24, 2.45) is 10.7 Å². The summed E-state index contributed by atoms with van der Waals surface area (Å²) in [7, 11) is 0. The lowest BCUT2D eigenvalue weighted by Crippen LogP contribution is -2.22. The van der Waals surface area contributed by atoms with Gasteiger partial charge in [-0.3, -0.25) is 0 Å². The third kappa shape index (κ3) is 6.18. The van der Waals surface area contributed by atoms with Crippen LogP contribution in [0.15, 0.2) is 46.6 Å². The second-order valence-electron chi connectivity index (χ2n) is 5.61. The van der Waals surface area contributed by atoms with Gasteiger partial charge in [-0.15, -0.1) is 0 Å². The van der Waals surface area contributed by atoms with E-state index in [0.29, 0.717) is 12.1 Å². The van der Waals surface area contributed by atoms with Crippen molar-refractivity contribution >= 4 is 12.3 Å². The quantitative estimate of drug-likeness (QED) is 0.858. The Morgan fingerprint density at radius 2 is 1.90 bits per heavy atom. The van der Waals surface area contributed by atoms with Crippen LogP contribution in [0.2, 0.25) is 0 Å². The molecule has 0 aromatic heterocycles. The number of carbonyl (C=O) groups excluding carboxylic acids is 1. The standard InChI is InChI=1S/C16H22N2O2/c1-12(17)14(10-13-8-6-5-7-9-13)11-18-15(19)20-16(2,3)4/h5-9,11H,10,17H2,1-4H3/b14-12-,18-11+. The molecule has 0 spiro atoms. The van der Waals surface area contributed by atoms with Crippen LogP contribution >= 0.6 is 0 Å². The highest BCUT2D eigenvalue weighted by Crippen LogP contribution is 2.10. The van der Waals surface area contributed by atoms with Gasteiger partial charge in [0.05, 0.1) is 0 Å². The molecule has 1 rings (SSSR count). The minimum absolute atomic E-state index is 0.546. The third-order valence-corrected chi connectivity index (χ3v) is 2.46. The summed E-state index contributed by atoms with van der Waals surface area (Å²) in [6.45, 7) is 7.19. The summed E-state index contributed by atoms with van der Waals surface area (Å²) in [6, 6.07) is 9.89. The number of ether oxygens (including phenoxy) is 1. The molecule has 0 bridgehead atoms. The Balaban J connectivity index is 2.75. The van der Waals surface area contributed by atoms with Gasteiger partial charge in [-0.2, -0.15) is 4.99 Å². The van der Waals surface area contributed by atoms with E-state index in [1.807, 2.05) is 30.3 Å². The minimum Gasteiger partial charge on any atom is -0.442 e. The molecular weight excluding hydrogens is 252 g/mol. The number of aliphatic imine (C=N–C) groups is 1. The van der Waals surface area contributed by atoms with Gasteiger partial charge in [0.25, 0.3) is 0 Å². The van der Waals surface area contributed by atoms with Crippen molar-refractivity contribution in [2.45, 2.75) is 39.7 Å². The molecule has 4 nitrogen and oxygen atoms in total. The normalized spacial score (nSPS) is 13.2. The highest BCUT2D eigenvalue weighted by molar-refractivity contribution is 5.89. The summed E-state index contributed by atoms with van der Waals surface area (Å²) in [5, 5.41) is 0. The fraction of sp³-hybridized carbons (Fsp3) is 0.375. The molecule has 20 heavy (non-hydrogen) atoms. The summed E-state index contributed by atoms with van der Waals surface area (Å²) < 4.78 is 5.12. The van der Waals surface area contributed by atoms with Crippen molar-refractivity contribution in [3.05, 3.63) is 47.2 Å². The van der Waals surface area contributed by atoms with E-state index in [9.17, 15) is 4.79 Å². The Hall–Kier alpha value is -2.10. The van der Waals surface area contributed by atoms with Gasteiger partial charge in [-0.25, -0.2) is 4.79 Å². The molecule has 0 aliphatic carbocycles. The number of benzene rings is 1. The van der Waals surface area contributed by atoms with Crippen LogP contribution in [0.5, 0.6) is 0 Å². The number of allylic oxidation sites excluding steroid dienone is 2. The van der Waals surface area contributed by atoms with Crippen LogP contribution in [0.3, 0.4) is 0 Å². The van der Waals surface area contributed by atoms with Crippen LogP contribution in [0, 0.1) is 0 Å². The van der Waals surface area contributed by atoms with Gasteiger partial charge in [-0.1, -0.05) is 30.3 Å². The van der Waals surface area contributed by atoms with E-state index in [4.69, 9.17) is 10.5 Å². The predicted molar refractivity (Wildman–Crippen MR) is 81.8 cm³/mol. The molecule has 0 aliphatic rings. The van der Waals surface area contributed by atoms with Crippen LogP contribution in [0.25, 0.3) is 0 Å². The maximum absolute atomic E-state index is 11.6. The number of hydrogen-bond donors (Lipinski definition) is 1. The molecular formula is C16H22N2O2. The second-order valence-corrected chi connectivity index (χ2v) is 5.61. The highest BCUT2D eigenvalue weighted by Gasteiger charge is 2.15. The zero-order chi connectivity index (χ0) is 15.2. The second kappa shape index (κ2) is 6.89. The Labute approximate surface area is 120 Å². The summed E-state index contributed by atoms with van der Waals surface area (Å²) in [6.07, 6.45) is 1.51. The van der Waals surface area contributed by atoms with Crippen molar-refractivity contribution in [3.8, 4) is 0 Å². The summed E-state index contributed by atoms with van der Waals surface area (Å²) >= 11 is 0. The Morgan fingerprint density at radius 3 is 2.40 bits per heavy atom. The number of amides is 1. The fourth-order valence-electron chi connectivity index (χ4n) is 1.52. The van der Waals surface area contributed by atoms with E-state index in [-0.39, 0.29) is 0 Å². The first-order chi connectivity index (χ1) is 9.28. The van der Waals surface area contributed by atoms with E-state index in [2.05, 4.69) is 4.99 Å². The van der Waals surface area contributed by atoms with Crippen LogP contribution in [-0.4, -0.2) is 17.9 Å². The van der Waals surface area contributed by atoms with Crippen molar-refractivity contribution in [1.29, 1.82) is 0 Å². The molecule has 0 atom stereocenters. The first-order valence-electron chi connectivity index (χ1n) is 6.54. The van der Waals surface area contributed by atoms with Crippen LogP contribution < -0.4 is 5.73 Å². The molecule has 0 saturated carbocycles. The molecule has 0 heterocycles. The van der Waals surface area contributed by atoms with Crippen molar-refractivity contribution < 1.29 is 9.53 Å². The van der Waals surface area contributed by atoms with Gasteiger partial charge in [0.2, 0.25) is 0 Å². The van der Waals surface area contributed by atoms with Crippen molar-refractivity contribution in [1.82, 2.24) is 0 Å². The monoisotopic (exact) mass is 274 g/mol. The molecule has 0 unspecified atom stereocenters. The van der Waals surface area contributed by atoms with Gasteiger partial charge in [0.15, 0.2) is 0 Å². The smallest absolute Gasteiger partial charge is 0.434 e. The van der Waals surface area contributed by atoms with Gasteiger partial charge < -0.3 is 10.5 Å². The number of nitrogens with two attached hydrogens (primary N) is 1. The van der Waals surface area contributed by atoms with E-state index < -0.39 is 11.7 Å². The zero-order valence-electron chi connectivity index (χ0n) is 12.5. The summed E-state index contributed by atoms with van der Waals surface area (Å²) in [4.78, 5) is 15.4. The van der Waals surface area contributed by atoms with Crippen molar-refractivity contribution in [2.75, 3.05) is 0 Å². The van der Waals surface area contributed by atoms with E-state index in [0.717, 1.165) is 11.1 Å². The average molecular weight is 274 g/mol. The van der Waals surface area contributed by atoms with Crippen LogP contribution in [0.1, 0.15) is 33.3 Å². The van der Waals surface area contributed by atoms with E-state index in [1.54, 1.807) is 27.7 Å². The number of rotatable bonds is 3. The highest BCUT2D eigenvalue weighted by atomic mass is 16.6. The number of hydrogen-bond acceptors (Lipinski definition) is 3. The Kier molecular flexibility index (Phi) is 5.50. The van der Waals surface area contributed by atoms with E-state index >= 15 is 0 Å². The number of nitrogens with zero attached hydrogens (tertiary/aromatic N) is 1. The average Bonchev–Trinajstić information content (AvgIpc) is 2.33. The maximum atomic E-state index is 11.6. The first-order valence-corrected chi connectivity index (χ1v) is 6.54. The van der Waals surface area contributed by atoms with Crippen LogP contribution in [-0.2, 0) is 11.2 Å². The largest absolute Gasteiger partial charge is 0.442 e. The first kappa shape index (κ1) is 16.0. The van der Waals surface area contributed by atoms with Gasteiger partial charge in [0.1, 0.15) is 5.60 Å². The van der Waals surface area contributed by atoms with Gasteiger partial charge in [-0.05, 0) is 38.8 Å².